The first-order chi connectivity index (χ1) is 8.94. The minimum absolute atomic E-state index is 0. The van der Waals surface area contributed by atoms with Crippen LogP contribution in [0.25, 0.3) is 0 Å². The van der Waals surface area contributed by atoms with Crippen molar-refractivity contribution in [3.8, 4) is 0 Å². The van der Waals surface area contributed by atoms with Gasteiger partial charge in [-0.15, -0.1) is 12.4 Å². The molecule has 1 unspecified atom stereocenters. The van der Waals surface area contributed by atoms with Crippen molar-refractivity contribution >= 4 is 18.3 Å². The molecule has 0 spiro atoms. The summed E-state index contributed by atoms with van der Waals surface area (Å²) in [7, 11) is 0. The lowest BCUT2D eigenvalue weighted by Gasteiger charge is -2.37. The number of carbonyl (C=O) groups excluding carboxylic acids is 1. The van der Waals surface area contributed by atoms with E-state index in [1.807, 2.05) is 20.8 Å². The molecule has 0 saturated carbocycles. The number of carbonyl (C=O) groups is 1. The SMILES string of the molecule is CC(C)(C)NC(=O)CN1CCN(C2CCNC2)CC1.Cl. The van der Waals surface area contributed by atoms with Crippen molar-refractivity contribution in [3.63, 3.8) is 0 Å². The Morgan fingerprint density at radius 1 is 1.25 bits per heavy atom. The quantitative estimate of drug-likeness (QED) is 0.787. The second kappa shape index (κ2) is 7.59. The Morgan fingerprint density at radius 3 is 2.40 bits per heavy atom. The summed E-state index contributed by atoms with van der Waals surface area (Å²) in [4.78, 5) is 16.7. The van der Waals surface area contributed by atoms with E-state index in [-0.39, 0.29) is 23.9 Å². The molecule has 5 nitrogen and oxygen atoms in total. The highest BCUT2D eigenvalue weighted by Crippen LogP contribution is 2.11. The Morgan fingerprint density at radius 2 is 1.90 bits per heavy atom. The number of hydrogen-bond donors (Lipinski definition) is 2. The minimum atomic E-state index is -0.131. The molecule has 0 aromatic rings. The van der Waals surface area contributed by atoms with Crippen molar-refractivity contribution in [1.82, 2.24) is 20.4 Å². The van der Waals surface area contributed by atoms with Gasteiger partial charge >= 0.3 is 0 Å². The molecule has 0 radical (unpaired) electrons. The van der Waals surface area contributed by atoms with Gasteiger partial charge in [0.1, 0.15) is 0 Å². The van der Waals surface area contributed by atoms with Crippen LogP contribution in [-0.2, 0) is 4.79 Å². The Hall–Kier alpha value is -0.360. The molecule has 2 heterocycles. The molecular weight excluding hydrogens is 276 g/mol. The van der Waals surface area contributed by atoms with Gasteiger partial charge in [0.25, 0.3) is 0 Å². The van der Waals surface area contributed by atoms with E-state index in [4.69, 9.17) is 0 Å². The van der Waals surface area contributed by atoms with Gasteiger partial charge in [0.05, 0.1) is 6.54 Å². The van der Waals surface area contributed by atoms with Crippen LogP contribution in [0.3, 0.4) is 0 Å². The molecule has 20 heavy (non-hydrogen) atoms. The predicted octanol–water partition coefficient (Wildman–Crippen LogP) is 0.302. The van der Waals surface area contributed by atoms with E-state index in [1.54, 1.807) is 0 Å². The molecule has 2 N–H and O–H groups in total. The summed E-state index contributed by atoms with van der Waals surface area (Å²) in [6.45, 7) is 13.1. The molecule has 0 aromatic carbocycles. The van der Waals surface area contributed by atoms with Gasteiger partial charge in [-0.3, -0.25) is 14.6 Å². The second-order valence-corrected chi connectivity index (χ2v) is 6.76. The van der Waals surface area contributed by atoms with Crippen molar-refractivity contribution in [1.29, 1.82) is 0 Å². The first kappa shape index (κ1) is 17.7. The van der Waals surface area contributed by atoms with Crippen LogP contribution in [0.1, 0.15) is 27.2 Å². The summed E-state index contributed by atoms with van der Waals surface area (Å²) in [5.41, 5.74) is -0.131. The summed E-state index contributed by atoms with van der Waals surface area (Å²) in [6, 6.07) is 0.713. The third-order valence-corrected chi connectivity index (χ3v) is 3.84. The molecule has 0 bridgehead atoms. The molecule has 2 aliphatic heterocycles. The third-order valence-electron chi connectivity index (χ3n) is 3.84. The van der Waals surface area contributed by atoms with E-state index in [1.165, 1.54) is 6.42 Å². The van der Waals surface area contributed by atoms with E-state index in [9.17, 15) is 4.79 Å². The summed E-state index contributed by atoms with van der Waals surface area (Å²) in [5, 5.41) is 6.45. The lowest BCUT2D eigenvalue weighted by Crippen LogP contribution is -2.54. The van der Waals surface area contributed by atoms with Gasteiger partial charge in [0.15, 0.2) is 0 Å². The fourth-order valence-corrected chi connectivity index (χ4v) is 2.90. The molecule has 2 rings (SSSR count). The van der Waals surface area contributed by atoms with Crippen LogP contribution in [0, 0.1) is 0 Å². The Balaban J connectivity index is 0.00000200. The van der Waals surface area contributed by atoms with Gasteiger partial charge in [0.2, 0.25) is 5.91 Å². The van der Waals surface area contributed by atoms with Crippen molar-refractivity contribution < 1.29 is 4.79 Å². The van der Waals surface area contributed by atoms with E-state index in [0.29, 0.717) is 12.6 Å². The second-order valence-electron chi connectivity index (χ2n) is 6.76. The molecule has 2 aliphatic rings. The first-order valence-corrected chi connectivity index (χ1v) is 7.42. The topological polar surface area (TPSA) is 47.6 Å². The average molecular weight is 305 g/mol. The van der Waals surface area contributed by atoms with Crippen LogP contribution in [0.4, 0.5) is 0 Å². The summed E-state index contributed by atoms with van der Waals surface area (Å²) in [5.74, 6) is 0.142. The number of piperazine rings is 1. The maximum absolute atomic E-state index is 11.9. The van der Waals surface area contributed by atoms with E-state index >= 15 is 0 Å². The Labute approximate surface area is 128 Å². The lowest BCUT2D eigenvalue weighted by atomic mass is 10.1. The average Bonchev–Trinajstić information content (AvgIpc) is 2.80. The highest BCUT2D eigenvalue weighted by molar-refractivity contribution is 5.85. The van der Waals surface area contributed by atoms with Crippen LogP contribution in [-0.4, -0.2) is 73.1 Å². The van der Waals surface area contributed by atoms with Crippen LogP contribution >= 0.6 is 12.4 Å². The minimum Gasteiger partial charge on any atom is -0.350 e. The molecular formula is C14H29ClN4O. The normalized spacial score (nSPS) is 25.2. The number of amides is 1. The number of hydrogen-bond acceptors (Lipinski definition) is 4. The van der Waals surface area contributed by atoms with Crippen LogP contribution < -0.4 is 10.6 Å². The zero-order valence-electron chi connectivity index (χ0n) is 12.9. The standard InChI is InChI=1S/C14H28N4O.ClH/c1-14(2,3)16-13(19)11-17-6-8-18(9-7-17)12-4-5-15-10-12;/h12,15H,4-11H2,1-3H3,(H,16,19);1H. The maximum Gasteiger partial charge on any atom is 0.234 e. The van der Waals surface area contributed by atoms with E-state index in [2.05, 4.69) is 20.4 Å². The van der Waals surface area contributed by atoms with Gasteiger partial charge in [-0.2, -0.15) is 0 Å². The summed E-state index contributed by atoms with van der Waals surface area (Å²) in [6.07, 6.45) is 1.27. The molecule has 6 heteroatoms. The lowest BCUT2D eigenvalue weighted by molar-refractivity contribution is -0.124. The van der Waals surface area contributed by atoms with Gasteiger partial charge < -0.3 is 10.6 Å². The highest BCUT2D eigenvalue weighted by atomic mass is 35.5. The largest absolute Gasteiger partial charge is 0.350 e. The molecule has 2 fully saturated rings. The monoisotopic (exact) mass is 304 g/mol. The van der Waals surface area contributed by atoms with Crippen molar-refractivity contribution in [2.24, 2.45) is 0 Å². The van der Waals surface area contributed by atoms with Crippen molar-refractivity contribution in [2.75, 3.05) is 45.8 Å². The summed E-state index contributed by atoms with van der Waals surface area (Å²) >= 11 is 0. The third kappa shape index (κ3) is 5.56. The van der Waals surface area contributed by atoms with Gasteiger partial charge in [-0.25, -0.2) is 0 Å². The van der Waals surface area contributed by atoms with Crippen molar-refractivity contribution in [2.45, 2.75) is 38.8 Å². The molecule has 0 aromatic heterocycles. The Bertz CT molecular complexity index is 305. The van der Waals surface area contributed by atoms with Crippen molar-refractivity contribution in [3.05, 3.63) is 0 Å². The fourth-order valence-electron chi connectivity index (χ4n) is 2.90. The van der Waals surface area contributed by atoms with E-state index < -0.39 is 0 Å². The maximum atomic E-state index is 11.9. The smallest absolute Gasteiger partial charge is 0.234 e. The fraction of sp³-hybridized carbons (Fsp3) is 0.929. The van der Waals surface area contributed by atoms with E-state index in [0.717, 1.165) is 39.3 Å². The number of nitrogens with one attached hydrogen (secondary N) is 2. The molecule has 1 amide bonds. The Kier molecular flexibility index (Phi) is 6.72. The van der Waals surface area contributed by atoms with Gasteiger partial charge in [-0.05, 0) is 33.7 Å². The van der Waals surface area contributed by atoms with Crippen LogP contribution in [0.2, 0.25) is 0 Å². The number of rotatable bonds is 3. The zero-order chi connectivity index (χ0) is 13.9. The highest BCUT2D eigenvalue weighted by Gasteiger charge is 2.27. The van der Waals surface area contributed by atoms with Gasteiger partial charge in [0, 0.05) is 44.3 Å². The summed E-state index contributed by atoms with van der Waals surface area (Å²) < 4.78 is 0. The first-order valence-electron chi connectivity index (χ1n) is 7.42. The zero-order valence-corrected chi connectivity index (χ0v) is 13.8. The van der Waals surface area contributed by atoms with Crippen LogP contribution in [0.15, 0.2) is 0 Å². The predicted molar refractivity (Wildman–Crippen MR) is 84.4 cm³/mol. The van der Waals surface area contributed by atoms with Crippen LogP contribution in [0.5, 0.6) is 0 Å². The molecule has 118 valence electrons. The van der Waals surface area contributed by atoms with Gasteiger partial charge in [-0.1, -0.05) is 0 Å². The molecule has 2 saturated heterocycles. The number of nitrogens with zero attached hydrogens (tertiary/aromatic N) is 2. The number of halogens is 1. The molecule has 1 atom stereocenters. The molecule has 0 aliphatic carbocycles.